The Kier molecular flexibility index (Phi) is 5.86. The molecule has 0 radical (unpaired) electrons. The number of sulfonamides is 1. The Morgan fingerprint density at radius 3 is 2.56 bits per heavy atom. The number of fused-ring (bicyclic) bond motifs is 3. The minimum atomic E-state index is -3.69. The average Bonchev–Trinajstić information content (AvgIpc) is 3.28. The fourth-order valence-corrected chi connectivity index (χ4v) is 6.10. The molecule has 3 aromatic rings. The molecule has 0 spiro atoms. The van der Waals surface area contributed by atoms with Crippen molar-refractivity contribution in [2.24, 2.45) is 5.92 Å². The number of anilines is 2. The second kappa shape index (κ2) is 8.84. The monoisotopic (exact) mass is 474 g/mol. The summed E-state index contributed by atoms with van der Waals surface area (Å²) in [5, 5.41) is 3.68. The van der Waals surface area contributed by atoms with Gasteiger partial charge in [-0.3, -0.25) is 4.72 Å². The van der Waals surface area contributed by atoms with Crippen molar-refractivity contribution in [3.63, 3.8) is 0 Å². The Balaban J connectivity index is 1.43. The van der Waals surface area contributed by atoms with E-state index in [9.17, 15) is 8.42 Å². The van der Waals surface area contributed by atoms with Gasteiger partial charge in [-0.15, -0.1) is 0 Å². The van der Waals surface area contributed by atoms with Gasteiger partial charge in [-0.05, 0) is 92.3 Å². The molecule has 0 unspecified atom stereocenters. The predicted octanol–water partition coefficient (Wildman–Crippen LogP) is 6.41. The van der Waals surface area contributed by atoms with E-state index in [1.54, 1.807) is 12.1 Å². The number of hydrogen-bond donors (Lipinski definition) is 2. The van der Waals surface area contributed by atoms with E-state index in [-0.39, 0.29) is 23.0 Å². The van der Waals surface area contributed by atoms with Gasteiger partial charge in [0.15, 0.2) is 0 Å². The topological polar surface area (TPSA) is 67.4 Å². The number of ether oxygens (including phenoxy) is 1. The smallest absolute Gasteiger partial charge is 0.261 e. The van der Waals surface area contributed by atoms with Crippen LogP contribution in [0.4, 0.5) is 11.4 Å². The van der Waals surface area contributed by atoms with E-state index in [0.29, 0.717) is 11.6 Å². The van der Waals surface area contributed by atoms with Crippen LogP contribution in [0.3, 0.4) is 0 Å². The van der Waals surface area contributed by atoms with Crippen molar-refractivity contribution in [1.82, 2.24) is 0 Å². The fraction of sp³-hybridized carbons (Fsp3) is 0.286. The quantitative estimate of drug-likeness (QED) is 0.405. The standard InChI is InChI=1S/C28H30N2O3S/c1-18(2)33-22-12-10-20(11-13-22)28-25-9-5-8-24(25)26-17-23(14-15-27(26)29-28)34(31,32)30-21-7-4-6-19(3)16-21/h4-8,10-18,24-25,28-30H,9H2,1-3H3/t24-,25+,28+/m0/s1. The van der Waals surface area contributed by atoms with E-state index in [1.165, 1.54) is 5.56 Å². The van der Waals surface area contributed by atoms with Crippen molar-refractivity contribution < 1.29 is 13.2 Å². The molecule has 0 saturated carbocycles. The molecular formula is C28H30N2O3S. The van der Waals surface area contributed by atoms with Crippen LogP contribution in [0.5, 0.6) is 5.75 Å². The highest BCUT2D eigenvalue weighted by molar-refractivity contribution is 7.92. The number of hydrogen-bond acceptors (Lipinski definition) is 4. The zero-order valence-electron chi connectivity index (χ0n) is 19.7. The van der Waals surface area contributed by atoms with Gasteiger partial charge in [-0.1, -0.05) is 36.4 Å². The van der Waals surface area contributed by atoms with Crippen molar-refractivity contribution >= 4 is 21.4 Å². The van der Waals surface area contributed by atoms with Gasteiger partial charge in [0.05, 0.1) is 17.0 Å². The molecule has 0 fully saturated rings. The lowest BCUT2D eigenvalue weighted by Gasteiger charge is -2.37. The molecule has 5 rings (SSSR count). The number of aryl methyl sites for hydroxylation is 1. The van der Waals surface area contributed by atoms with Gasteiger partial charge >= 0.3 is 0 Å². The molecule has 0 bridgehead atoms. The molecule has 0 saturated heterocycles. The fourth-order valence-electron chi connectivity index (χ4n) is 5.02. The molecule has 6 heteroatoms. The van der Waals surface area contributed by atoms with Crippen molar-refractivity contribution in [3.05, 3.63) is 95.6 Å². The van der Waals surface area contributed by atoms with Crippen LogP contribution in [-0.4, -0.2) is 14.5 Å². The summed E-state index contributed by atoms with van der Waals surface area (Å²) >= 11 is 0. The minimum Gasteiger partial charge on any atom is -0.491 e. The van der Waals surface area contributed by atoms with Gasteiger partial charge < -0.3 is 10.1 Å². The number of allylic oxidation sites excluding steroid dienone is 2. The molecule has 3 atom stereocenters. The van der Waals surface area contributed by atoms with Crippen LogP contribution < -0.4 is 14.8 Å². The minimum absolute atomic E-state index is 0.139. The van der Waals surface area contributed by atoms with E-state index in [4.69, 9.17) is 4.74 Å². The molecule has 2 aliphatic rings. The Hall–Kier alpha value is -3.25. The Morgan fingerprint density at radius 1 is 1.03 bits per heavy atom. The summed E-state index contributed by atoms with van der Waals surface area (Å²) < 4.78 is 34.8. The first-order valence-corrected chi connectivity index (χ1v) is 13.2. The molecule has 34 heavy (non-hydrogen) atoms. The van der Waals surface area contributed by atoms with Gasteiger partial charge in [-0.2, -0.15) is 0 Å². The van der Waals surface area contributed by atoms with Crippen LogP contribution in [0.1, 0.15) is 48.9 Å². The summed E-state index contributed by atoms with van der Waals surface area (Å²) in [6.07, 6.45) is 5.52. The highest BCUT2D eigenvalue weighted by atomic mass is 32.2. The summed E-state index contributed by atoms with van der Waals surface area (Å²) in [4.78, 5) is 0.280. The molecule has 1 heterocycles. The summed E-state index contributed by atoms with van der Waals surface area (Å²) in [5.74, 6) is 1.36. The van der Waals surface area contributed by atoms with E-state index in [0.717, 1.165) is 29.0 Å². The molecule has 176 valence electrons. The first-order valence-electron chi connectivity index (χ1n) is 11.7. The maximum Gasteiger partial charge on any atom is 0.261 e. The molecule has 1 aliphatic heterocycles. The van der Waals surface area contributed by atoms with Crippen LogP contribution in [-0.2, 0) is 10.0 Å². The van der Waals surface area contributed by atoms with Crippen molar-refractivity contribution in [2.75, 3.05) is 10.0 Å². The summed E-state index contributed by atoms with van der Waals surface area (Å²) in [6, 6.07) is 21.2. The molecule has 0 aromatic heterocycles. The van der Waals surface area contributed by atoms with E-state index in [2.05, 4.69) is 34.3 Å². The second-order valence-electron chi connectivity index (χ2n) is 9.44. The average molecular weight is 475 g/mol. The number of benzene rings is 3. The van der Waals surface area contributed by atoms with Crippen molar-refractivity contribution in [3.8, 4) is 5.75 Å². The molecule has 1 aliphatic carbocycles. The van der Waals surface area contributed by atoms with Gasteiger partial charge in [0, 0.05) is 17.3 Å². The van der Waals surface area contributed by atoms with Gasteiger partial charge in [0.2, 0.25) is 0 Å². The lowest BCUT2D eigenvalue weighted by atomic mass is 9.77. The maximum atomic E-state index is 13.1. The van der Waals surface area contributed by atoms with Gasteiger partial charge in [0.25, 0.3) is 10.0 Å². The highest BCUT2D eigenvalue weighted by Gasteiger charge is 2.38. The van der Waals surface area contributed by atoms with Crippen LogP contribution >= 0.6 is 0 Å². The van der Waals surface area contributed by atoms with E-state index >= 15 is 0 Å². The van der Waals surface area contributed by atoms with Crippen molar-refractivity contribution in [1.29, 1.82) is 0 Å². The van der Waals surface area contributed by atoms with Gasteiger partial charge in [-0.25, -0.2) is 8.42 Å². The molecule has 5 nitrogen and oxygen atoms in total. The number of rotatable bonds is 6. The first-order chi connectivity index (χ1) is 16.3. The summed E-state index contributed by atoms with van der Waals surface area (Å²) in [7, 11) is -3.69. The van der Waals surface area contributed by atoms with Crippen LogP contribution in [0, 0.1) is 12.8 Å². The van der Waals surface area contributed by atoms with Crippen LogP contribution in [0.25, 0.3) is 0 Å². The van der Waals surface area contributed by atoms with Crippen LogP contribution in [0.2, 0.25) is 0 Å². The molecule has 2 N–H and O–H groups in total. The summed E-state index contributed by atoms with van der Waals surface area (Å²) in [6.45, 7) is 5.98. The first kappa shape index (κ1) is 22.5. The largest absolute Gasteiger partial charge is 0.491 e. The van der Waals surface area contributed by atoms with E-state index < -0.39 is 10.0 Å². The molecule has 3 aromatic carbocycles. The Labute approximate surface area is 201 Å². The number of nitrogens with one attached hydrogen (secondary N) is 2. The SMILES string of the molecule is Cc1cccc(NS(=O)(=O)c2ccc3c(c2)[C@H]2C=CC[C@H]2[C@@H](c2ccc(OC(C)C)cc2)N3)c1. The normalized spacial score (nSPS) is 21.0. The zero-order valence-corrected chi connectivity index (χ0v) is 20.5. The van der Waals surface area contributed by atoms with Gasteiger partial charge in [0.1, 0.15) is 5.75 Å². The third-order valence-electron chi connectivity index (χ3n) is 6.53. The Morgan fingerprint density at radius 2 is 1.82 bits per heavy atom. The second-order valence-corrected chi connectivity index (χ2v) is 11.1. The van der Waals surface area contributed by atoms with Crippen molar-refractivity contribution in [2.45, 2.75) is 50.2 Å². The molecule has 0 amide bonds. The third-order valence-corrected chi connectivity index (χ3v) is 7.90. The maximum absolute atomic E-state index is 13.1. The molecular weight excluding hydrogens is 444 g/mol. The van der Waals surface area contributed by atoms with Crippen LogP contribution in [0.15, 0.2) is 83.8 Å². The summed E-state index contributed by atoms with van der Waals surface area (Å²) in [5.41, 5.74) is 4.79. The zero-order chi connectivity index (χ0) is 23.9. The lowest BCUT2D eigenvalue weighted by Crippen LogP contribution is -2.29. The third kappa shape index (κ3) is 4.42. The Bertz CT molecular complexity index is 1330. The van der Waals surface area contributed by atoms with E-state index in [1.807, 2.05) is 63.2 Å². The predicted molar refractivity (Wildman–Crippen MR) is 137 cm³/mol. The highest BCUT2D eigenvalue weighted by Crippen LogP contribution is 2.50. The lowest BCUT2D eigenvalue weighted by molar-refractivity contribution is 0.242.